The highest BCUT2D eigenvalue weighted by molar-refractivity contribution is 5.92. The second-order valence-electron chi connectivity index (χ2n) is 8.61. The van der Waals surface area contributed by atoms with E-state index in [0.29, 0.717) is 30.4 Å². The van der Waals surface area contributed by atoms with Crippen molar-refractivity contribution in [1.29, 1.82) is 0 Å². The number of oxazole rings is 1. The molecule has 2 aliphatic heterocycles. The molecule has 0 saturated carbocycles. The van der Waals surface area contributed by atoms with Gasteiger partial charge in [0.25, 0.3) is 5.91 Å². The summed E-state index contributed by atoms with van der Waals surface area (Å²) in [6.45, 7) is 4.23. The molecule has 33 heavy (non-hydrogen) atoms. The van der Waals surface area contributed by atoms with Crippen molar-refractivity contribution in [2.24, 2.45) is 0 Å². The molecule has 2 fully saturated rings. The van der Waals surface area contributed by atoms with Crippen LogP contribution in [0.3, 0.4) is 0 Å². The number of halogens is 1. The van der Waals surface area contributed by atoms with Crippen molar-refractivity contribution in [3.05, 3.63) is 78.0 Å². The standard InChI is InChI=1S/C25H28FN5O2/c26-19-7-1-2-9-22(19)30-15-13-29(14-16-30)17-24-28-21(18-33-24)25(32)31-12-6-4-10-23(31)20-8-3-5-11-27-20/h1-3,5,7-9,11,18,23H,4,6,10,12-17H2/t23-/m1/s1. The number of benzene rings is 1. The highest BCUT2D eigenvalue weighted by atomic mass is 19.1. The van der Waals surface area contributed by atoms with Gasteiger partial charge in [-0.05, 0) is 43.5 Å². The minimum Gasteiger partial charge on any atom is -0.447 e. The minimum absolute atomic E-state index is 0.0286. The van der Waals surface area contributed by atoms with Gasteiger partial charge in [0.1, 0.15) is 12.1 Å². The summed E-state index contributed by atoms with van der Waals surface area (Å²) in [7, 11) is 0. The third-order valence-electron chi connectivity index (χ3n) is 6.49. The first kappa shape index (κ1) is 21.6. The highest BCUT2D eigenvalue weighted by Crippen LogP contribution is 2.31. The van der Waals surface area contributed by atoms with Gasteiger partial charge in [-0.2, -0.15) is 0 Å². The molecular weight excluding hydrogens is 421 g/mol. The minimum atomic E-state index is -0.191. The molecule has 1 amide bonds. The number of piperazine rings is 1. The third kappa shape index (κ3) is 4.75. The summed E-state index contributed by atoms with van der Waals surface area (Å²) < 4.78 is 19.7. The van der Waals surface area contributed by atoms with Gasteiger partial charge >= 0.3 is 0 Å². The van der Waals surface area contributed by atoms with Crippen molar-refractivity contribution in [2.45, 2.75) is 31.8 Å². The number of pyridine rings is 1. The molecule has 1 aromatic carbocycles. The van der Waals surface area contributed by atoms with Crippen LogP contribution in [0.2, 0.25) is 0 Å². The van der Waals surface area contributed by atoms with Crippen LogP contribution in [0.5, 0.6) is 0 Å². The van der Waals surface area contributed by atoms with Crippen LogP contribution in [-0.4, -0.2) is 58.4 Å². The molecule has 0 radical (unpaired) electrons. The molecule has 0 spiro atoms. The van der Waals surface area contributed by atoms with Gasteiger partial charge in [-0.15, -0.1) is 0 Å². The molecule has 4 heterocycles. The lowest BCUT2D eigenvalue weighted by Crippen LogP contribution is -2.46. The van der Waals surface area contributed by atoms with Crippen LogP contribution in [0.4, 0.5) is 10.1 Å². The highest BCUT2D eigenvalue weighted by Gasteiger charge is 2.31. The van der Waals surface area contributed by atoms with E-state index in [-0.39, 0.29) is 17.8 Å². The zero-order valence-corrected chi connectivity index (χ0v) is 18.6. The number of nitrogens with zero attached hydrogens (tertiary/aromatic N) is 5. The summed E-state index contributed by atoms with van der Waals surface area (Å²) in [5.41, 5.74) is 1.91. The van der Waals surface area contributed by atoms with E-state index in [0.717, 1.165) is 51.1 Å². The SMILES string of the molecule is O=C(c1coc(CN2CCN(c3ccccc3F)CC2)n1)N1CCCC[C@@H]1c1ccccn1. The first-order valence-corrected chi connectivity index (χ1v) is 11.6. The number of hydrogen-bond donors (Lipinski definition) is 0. The number of para-hydroxylation sites is 1. The molecule has 8 heteroatoms. The van der Waals surface area contributed by atoms with E-state index >= 15 is 0 Å². The number of anilines is 1. The molecule has 0 aliphatic carbocycles. The maximum atomic E-state index is 14.1. The summed E-state index contributed by atoms with van der Waals surface area (Å²) in [6.07, 6.45) is 6.20. The molecule has 2 saturated heterocycles. The zero-order valence-electron chi connectivity index (χ0n) is 18.6. The molecule has 0 N–H and O–H groups in total. The Hall–Kier alpha value is -3.26. The van der Waals surface area contributed by atoms with Crippen LogP contribution in [0.25, 0.3) is 0 Å². The number of carbonyl (C=O) groups excluding carboxylic acids is 1. The fraction of sp³-hybridized carbons (Fsp3) is 0.400. The summed E-state index contributed by atoms with van der Waals surface area (Å²) in [5, 5.41) is 0. The maximum Gasteiger partial charge on any atom is 0.276 e. The Labute approximate surface area is 192 Å². The van der Waals surface area contributed by atoms with E-state index in [2.05, 4.69) is 19.8 Å². The van der Waals surface area contributed by atoms with Crippen molar-refractivity contribution < 1.29 is 13.6 Å². The van der Waals surface area contributed by atoms with Gasteiger partial charge in [-0.3, -0.25) is 14.7 Å². The monoisotopic (exact) mass is 449 g/mol. The predicted molar refractivity (Wildman–Crippen MR) is 122 cm³/mol. The lowest BCUT2D eigenvalue weighted by molar-refractivity contribution is 0.0600. The summed E-state index contributed by atoms with van der Waals surface area (Å²) in [5.74, 6) is 0.234. The van der Waals surface area contributed by atoms with Crippen LogP contribution in [0.15, 0.2) is 59.3 Å². The first-order valence-electron chi connectivity index (χ1n) is 11.6. The molecule has 2 aliphatic rings. The maximum absolute atomic E-state index is 14.1. The summed E-state index contributed by atoms with van der Waals surface area (Å²) in [6, 6.07) is 12.7. The normalized spacial score (nSPS) is 19.6. The Bertz CT molecular complexity index is 1080. The number of carbonyl (C=O) groups is 1. The molecule has 1 atom stereocenters. The number of hydrogen-bond acceptors (Lipinski definition) is 6. The fourth-order valence-corrected chi connectivity index (χ4v) is 4.73. The Balaban J connectivity index is 1.21. The molecule has 2 aromatic heterocycles. The van der Waals surface area contributed by atoms with Gasteiger partial charge in [-0.25, -0.2) is 9.37 Å². The molecule has 5 rings (SSSR count). The topological polar surface area (TPSA) is 65.7 Å². The van der Waals surface area contributed by atoms with Crippen LogP contribution >= 0.6 is 0 Å². The Kier molecular flexibility index (Phi) is 6.35. The molecule has 0 bridgehead atoms. The molecule has 172 valence electrons. The van der Waals surface area contributed by atoms with Crippen molar-refractivity contribution in [2.75, 3.05) is 37.6 Å². The Morgan fingerprint density at radius 3 is 2.64 bits per heavy atom. The van der Waals surface area contributed by atoms with Crippen molar-refractivity contribution >= 4 is 11.6 Å². The number of piperidine rings is 1. The Morgan fingerprint density at radius 1 is 1.03 bits per heavy atom. The van der Waals surface area contributed by atoms with Gasteiger partial charge < -0.3 is 14.2 Å². The third-order valence-corrected chi connectivity index (χ3v) is 6.49. The van der Waals surface area contributed by atoms with Crippen molar-refractivity contribution in [3.63, 3.8) is 0 Å². The lowest BCUT2D eigenvalue weighted by atomic mass is 9.98. The second-order valence-corrected chi connectivity index (χ2v) is 8.61. The van der Waals surface area contributed by atoms with Crippen LogP contribution in [0, 0.1) is 5.82 Å². The fourth-order valence-electron chi connectivity index (χ4n) is 4.73. The number of amides is 1. The largest absolute Gasteiger partial charge is 0.447 e. The van der Waals surface area contributed by atoms with Gasteiger partial charge in [-0.1, -0.05) is 18.2 Å². The first-order chi connectivity index (χ1) is 16.2. The van der Waals surface area contributed by atoms with Gasteiger partial charge in [0.15, 0.2) is 5.69 Å². The summed E-state index contributed by atoms with van der Waals surface area (Å²) in [4.78, 5) is 28.4. The van der Waals surface area contributed by atoms with E-state index in [4.69, 9.17) is 4.42 Å². The molecular formula is C25H28FN5O2. The molecule has 7 nitrogen and oxygen atoms in total. The predicted octanol–water partition coefficient (Wildman–Crippen LogP) is 3.90. The average molecular weight is 450 g/mol. The lowest BCUT2D eigenvalue weighted by Gasteiger charge is -2.35. The van der Waals surface area contributed by atoms with Gasteiger partial charge in [0.05, 0.1) is 24.0 Å². The molecule has 3 aromatic rings. The van der Waals surface area contributed by atoms with Crippen molar-refractivity contribution in [1.82, 2.24) is 19.8 Å². The summed E-state index contributed by atoms with van der Waals surface area (Å²) >= 11 is 0. The van der Waals surface area contributed by atoms with Crippen LogP contribution in [-0.2, 0) is 6.54 Å². The number of rotatable bonds is 5. The van der Waals surface area contributed by atoms with E-state index in [1.165, 1.54) is 12.3 Å². The van der Waals surface area contributed by atoms with E-state index in [1.807, 2.05) is 35.2 Å². The number of aromatic nitrogens is 2. The quantitative estimate of drug-likeness (QED) is 0.589. The van der Waals surface area contributed by atoms with Gasteiger partial charge in [0, 0.05) is 38.9 Å². The van der Waals surface area contributed by atoms with Crippen LogP contribution in [0.1, 0.15) is 47.4 Å². The second kappa shape index (κ2) is 9.70. The van der Waals surface area contributed by atoms with E-state index in [9.17, 15) is 9.18 Å². The van der Waals surface area contributed by atoms with Crippen molar-refractivity contribution in [3.8, 4) is 0 Å². The van der Waals surface area contributed by atoms with Gasteiger partial charge in [0.2, 0.25) is 5.89 Å². The zero-order chi connectivity index (χ0) is 22.6. The average Bonchev–Trinajstić information content (AvgIpc) is 3.33. The number of likely N-dealkylation sites (tertiary alicyclic amines) is 1. The Morgan fingerprint density at radius 2 is 1.85 bits per heavy atom. The smallest absolute Gasteiger partial charge is 0.276 e. The molecule has 0 unspecified atom stereocenters. The van der Waals surface area contributed by atoms with E-state index < -0.39 is 0 Å². The van der Waals surface area contributed by atoms with Crippen LogP contribution < -0.4 is 4.90 Å². The van der Waals surface area contributed by atoms with E-state index in [1.54, 1.807) is 12.3 Å².